The van der Waals surface area contributed by atoms with Gasteiger partial charge in [-0.1, -0.05) is 0 Å². The van der Waals surface area contributed by atoms with Crippen molar-refractivity contribution in [2.24, 2.45) is 5.41 Å². The molecule has 2 atom stereocenters. The number of carbonyl (C=O) groups is 1. The molecule has 1 amide bonds. The first-order chi connectivity index (χ1) is 13.3. The van der Waals surface area contributed by atoms with Crippen LogP contribution in [0.2, 0.25) is 0 Å². The number of pyridine rings is 1. The predicted molar refractivity (Wildman–Crippen MR) is 111 cm³/mol. The summed E-state index contributed by atoms with van der Waals surface area (Å²) in [6.07, 6.45) is 3.04. The Morgan fingerprint density at radius 1 is 1.31 bits per heavy atom. The van der Waals surface area contributed by atoms with E-state index in [-0.39, 0.29) is 23.4 Å². The first kappa shape index (κ1) is 22.3. The molecule has 0 bridgehead atoms. The molecule has 0 unspecified atom stereocenters. The molecule has 2 aliphatic rings. The van der Waals surface area contributed by atoms with E-state index in [0.717, 1.165) is 11.3 Å². The Kier molecular flexibility index (Phi) is 5.93. The van der Waals surface area contributed by atoms with Crippen molar-refractivity contribution in [3.8, 4) is 0 Å². The lowest BCUT2D eigenvalue weighted by Crippen LogP contribution is -2.51. The van der Waals surface area contributed by atoms with Crippen LogP contribution < -0.4 is 4.72 Å². The van der Waals surface area contributed by atoms with Crippen LogP contribution >= 0.6 is 0 Å². The van der Waals surface area contributed by atoms with E-state index in [1.54, 1.807) is 4.90 Å². The Morgan fingerprint density at radius 3 is 2.48 bits per heavy atom. The van der Waals surface area contributed by atoms with Crippen molar-refractivity contribution in [2.45, 2.75) is 77.2 Å². The normalized spacial score (nSPS) is 22.5. The molecule has 1 spiro atoms. The van der Waals surface area contributed by atoms with Gasteiger partial charge in [0.2, 0.25) is 0 Å². The zero-order chi connectivity index (χ0) is 21.6. The monoisotopic (exact) mass is 425 g/mol. The summed E-state index contributed by atoms with van der Waals surface area (Å²) >= 11 is -1.31. The molecule has 162 valence electrons. The second-order valence-corrected chi connectivity index (χ2v) is 12.1. The minimum absolute atomic E-state index is 0.247. The summed E-state index contributed by atoms with van der Waals surface area (Å²) in [5, 5.41) is 0. The Balaban J connectivity index is 1.81. The van der Waals surface area contributed by atoms with Gasteiger partial charge in [-0.2, -0.15) is 0 Å². The number of carbonyl (C=O) groups excluding carboxylic acids is 1. The number of nitrogens with one attached hydrogen (secondary N) is 1. The Morgan fingerprint density at radius 2 is 1.93 bits per heavy atom. The number of hydrogen-bond donors (Lipinski definition) is 1. The van der Waals surface area contributed by atoms with Gasteiger partial charge in [-0.3, -0.25) is 4.98 Å². The maximum absolute atomic E-state index is 14.0. The van der Waals surface area contributed by atoms with Gasteiger partial charge in [-0.25, -0.2) is 9.18 Å². The fourth-order valence-corrected chi connectivity index (χ4v) is 4.99. The highest BCUT2D eigenvalue weighted by molar-refractivity contribution is 7.90. The number of halogens is 1. The molecule has 0 saturated carbocycles. The number of piperidine rings is 1. The second-order valence-electron chi connectivity index (χ2n) is 10.1. The fraction of sp³-hybridized carbons (Fsp3) is 0.714. The van der Waals surface area contributed by atoms with Crippen LogP contribution in [-0.4, -0.2) is 44.0 Å². The van der Waals surface area contributed by atoms with Crippen LogP contribution in [0.5, 0.6) is 0 Å². The van der Waals surface area contributed by atoms with Gasteiger partial charge in [-0.05, 0) is 72.4 Å². The number of hydrogen-bond acceptors (Lipinski definition) is 5. The summed E-state index contributed by atoms with van der Waals surface area (Å²) in [6, 6.07) is 1.25. The standard InChI is InChI=1S/C21H32FN3O3S/c1-19(2,3)28-18(26)25-9-7-21(8-10-25)12-16-15(11-14(22)13-23-16)17(21)24-29(27)20(4,5)6/h11,13,17,24H,7-10,12H2,1-6H3/t17-,29-/m1/s1. The van der Waals surface area contributed by atoms with E-state index < -0.39 is 21.7 Å². The number of aromatic nitrogens is 1. The van der Waals surface area contributed by atoms with Crippen molar-refractivity contribution in [1.29, 1.82) is 0 Å². The van der Waals surface area contributed by atoms with Gasteiger partial charge in [0.25, 0.3) is 0 Å². The molecule has 1 aromatic rings. The van der Waals surface area contributed by atoms with E-state index in [4.69, 9.17) is 4.74 Å². The van der Waals surface area contributed by atoms with Crippen molar-refractivity contribution in [1.82, 2.24) is 14.6 Å². The number of rotatable bonds is 2. The number of fused-ring (bicyclic) bond motifs is 1. The van der Waals surface area contributed by atoms with Gasteiger partial charge < -0.3 is 14.2 Å². The van der Waals surface area contributed by atoms with E-state index in [9.17, 15) is 13.7 Å². The molecule has 1 fully saturated rings. The van der Waals surface area contributed by atoms with Gasteiger partial charge in [0, 0.05) is 35.6 Å². The molecule has 0 radical (unpaired) electrons. The molecule has 6 nitrogen and oxygen atoms in total. The number of amides is 1. The van der Waals surface area contributed by atoms with Crippen LogP contribution in [0.3, 0.4) is 0 Å². The molecular formula is C21H32FN3O3S. The molecule has 1 aromatic heterocycles. The lowest BCUT2D eigenvalue weighted by atomic mass is 9.73. The summed E-state index contributed by atoms with van der Waals surface area (Å²) in [5.74, 6) is -0.389. The zero-order valence-electron chi connectivity index (χ0n) is 18.2. The first-order valence-electron chi connectivity index (χ1n) is 10.1. The third kappa shape index (κ3) is 4.86. The second kappa shape index (κ2) is 7.71. The highest BCUT2D eigenvalue weighted by atomic mass is 32.2. The molecule has 1 saturated heterocycles. The molecule has 2 heterocycles. The van der Waals surface area contributed by atoms with Crippen molar-refractivity contribution in [3.63, 3.8) is 0 Å². The van der Waals surface area contributed by atoms with Crippen molar-refractivity contribution in [2.75, 3.05) is 13.1 Å². The summed E-state index contributed by atoms with van der Waals surface area (Å²) in [4.78, 5) is 18.5. The largest absolute Gasteiger partial charge is 0.598 e. The van der Waals surface area contributed by atoms with E-state index in [1.807, 2.05) is 41.5 Å². The van der Waals surface area contributed by atoms with Gasteiger partial charge in [0.05, 0.1) is 12.2 Å². The molecule has 0 aromatic carbocycles. The smallest absolute Gasteiger partial charge is 0.410 e. The topological polar surface area (TPSA) is 77.5 Å². The Labute approximate surface area is 175 Å². The van der Waals surface area contributed by atoms with Gasteiger partial charge in [-0.15, -0.1) is 4.72 Å². The minimum atomic E-state index is -1.31. The van der Waals surface area contributed by atoms with E-state index >= 15 is 0 Å². The number of ether oxygens (including phenoxy) is 1. The van der Waals surface area contributed by atoms with Crippen molar-refractivity contribution < 1.29 is 18.5 Å². The minimum Gasteiger partial charge on any atom is -0.598 e. The highest BCUT2D eigenvalue weighted by Crippen LogP contribution is 2.52. The number of nitrogens with zero attached hydrogens (tertiary/aromatic N) is 2. The molecule has 8 heteroatoms. The van der Waals surface area contributed by atoms with Crippen molar-refractivity contribution in [3.05, 3.63) is 29.3 Å². The predicted octanol–water partition coefficient (Wildman–Crippen LogP) is 3.89. The first-order valence-corrected chi connectivity index (χ1v) is 11.3. The highest BCUT2D eigenvalue weighted by Gasteiger charge is 2.52. The number of likely N-dealkylation sites (tertiary alicyclic amines) is 1. The van der Waals surface area contributed by atoms with E-state index in [0.29, 0.717) is 32.4 Å². The van der Waals surface area contributed by atoms with Crippen molar-refractivity contribution >= 4 is 17.5 Å². The quantitative estimate of drug-likeness (QED) is 0.728. The maximum atomic E-state index is 14.0. The van der Waals surface area contributed by atoms with Crippen LogP contribution in [0.4, 0.5) is 9.18 Å². The fourth-order valence-electron chi connectivity index (χ4n) is 4.05. The molecular weight excluding hydrogens is 393 g/mol. The Hall–Kier alpha value is -1.38. The zero-order valence-corrected chi connectivity index (χ0v) is 19.0. The summed E-state index contributed by atoms with van der Waals surface area (Å²) < 4.78 is 35.2. The average molecular weight is 426 g/mol. The summed E-state index contributed by atoms with van der Waals surface area (Å²) in [6.45, 7) is 12.4. The van der Waals surface area contributed by atoms with Crippen LogP contribution in [0.1, 0.15) is 71.7 Å². The lowest BCUT2D eigenvalue weighted by Gasteiger charge is -2.43. The average Bonchev–Trinajstić information content (AvgIpc) is 2.86. The molecule has 1 aliphatic heterocycles. The summed E-state index contributed by atoms with van der Waals surface area (Å²) in [7, 11) is 0. The molecule has 1 aliphatic carbocycles. The summed E-state index contributed by atoms with van der Waals surface area (Å²) in [5.41, 5.74) is 0.849. The van der Waals surface area contributed by atoms with Gasteiger partial charge in [0.1, 0.15) is 16.2 Å². The molecule has 1 N–H and O–H groups in total. The van der Waals surface area contributed by atoms with Gasteiger partial charge in [0.15, 0.2) is 0 Å². The Bertz CT molecular complexity index is 767. The van der Waals surface area contributed by atoms with Crippen LogP contribution in [-0.2, 0) is 22.5 Å². The van der Waals surface area contributed by atoms with Crippen LogP contribution in [0.25, 0.3) is 0 Å². The third-order valence-electron chi connectivity index (χ3n) is 5.61. The SMILES string of the molecule is CC(C)(C)OC(=O)N1CCC2(CC1)Cc1ncc(F)cc1[C@H]2N[S@+]([O-])C(C)(C)C. The third-order valence-corrected chi connectivity index (χ3v) is 7.17. The van der Waals surface area contributed by atoms with E-state index in [1.165, 1.54) is 12.3 Å². The maximum Gasteiger partial charge on any atom is 0.410 e. The lowest BCUT2D eigenvalue weighted by molar-refractivity contribution is 0.00711. The van der Waals surface area contributed by atoms with Crippen LogP contribution in [0.15, 0.2) is 12.3 Å². The van der Waals surface area contributed by atoms with E-state index in [2.05, 4.69) is 9.71 Å². The van der Waals surface area contributed by atoms with Crippen LogP contribution in [0, 0.1) is 11.2 Å². The molecule has 3 rings (SSSR count). The molecule has 29 heavy (non-hydrogen) atoms. The van der Waals surface area contributed by atoms with Gasteiger partial charge >= 0.3 is 6.09 Å².